The van der Waals surface area contributed by atoms with Crippen molar-refractivity contribution in [1.82, 2.24) is 5.32 Å². The van der Waals surface area contributed by atoms with Gasteiger partial charge in [0.2, 0.25) is 0 Å². The molecule has 2 aliphatic heterocycles. The van der Waals surface area contributed by atoms with Crippen LogP contribution in [0.15, 0.2) is 0 Å². The molecule has 0 aromatic carbocycles. The van der Waals surface area contributed by atoms with Crippen LogP contribution >= 0.6 is 0 Å². The average Bonchev–Trinajstić information content (AvgIpc) is 2.56. The molecular weight excluding hydrogens is 166 g/mol. The molecule has 0 aromatic rings. The number of methoxy groups -OCH3 is 1. The summed E-state index contributed by atoms with van der Waals surface area (Å²) in [5.41, 5.74) is -0.301. The van der Waals surface area contributed by atoms with E-state index in [2.05, 4.69) is 17.2 Å². The number of hydrogen-bond acceptors (Lipinski definition) is 3. The summed E-state index contributed by atoms with van der Waals surface area (Å²) in [6, 6.07) is 0.368. The highest BCUT2D eigenvalue weighted by molar-refractivity contribution is 5.21. The van der Waals surface area contributed by atoms with Crippen LogP contribution in [-0.4, -0.2) is 38.5 Å². The Kier molecular flexibility index (Phi) is 2.54. The molecule has 0 aromatic heterocycles. The van der Waals surface area contributed by atoms with Gasteiger partial charge in [0.15, 0.2) is 5.60 Å². The smallest absolute Gasteiger partial charge is 0.174 e. The van der Waals surface area contributed by atoms with Crippen LogP contribution < -0.4 is 5.32 Å². The van der Waals surface area contributed by atoms with Gasteiger partial charge in [0, 0.05) is 7.11 Å². The summed E-state index contributed by atoms with van der Waals surface area (Å²) in [4.78, 5) is 0. The minimum absolute atomic E-state index is 0.301. The van der Waals surface area contributed by atoms with E-state index in [9.17, 15) is 0 Å². The summed E-state index contributed by atoms with van der Waals surface area (Å²) in [7, 11) is 1.69. The summed E-state index contributed by atoms with van der Waals surface area (Å²) in [5.74, 6) is 6.37. The fourth-order valence-corrected chi connectivity index (χ4v) is 1.55. The van der Waals surface area contributed by atoms with E-state index in [1.807, 2.05) is 0 Å². The van der Waals surface area contributed by atoms with E-state index in [1.54, 1.807) is 7.11 Å². The molecule has 2 rings (SSSR count). The highest BCUT2D eigenvalue weighted by atomic mass is 16.6. The molecular formula is C10H15NO2. The first kappa shape index (κ1) is 9.01. The van der Waals surface area contributed by atoms with Crippen molar-refractivity contribution >= 4 is 0 Å². The lowest BCUT2D eigenvalue weighted by Gasteiger charge is -2.35. The zero-order valence-corrected chi connectivity index (χ0v) is 7.93. The lowest BCUT2D eigenvalue weighted by molar-refractivity contribution is -0.159. The Bertz CT molecular complexity index is 226. The molecule has 1 N–H and O–H groups in total. The van der Waals surface area contributed by atoms with Gasteiger partial charge in [-0.1, -0.05) is 11.8 Å². The maximum absolute atomic E-state index is 5.31. The van der Waals surface area contributed by atoms with E-state index in [0.29, 0.717) is 19.3 Å². The van der Waals surface area contributed by atoms with Crippen molar-refractivity contribution in [2.24, 2.45) is 0 Å². The molecule has 0 unspecified atom stereocenters. The number of nitrogens with one attached hydrogen (secondary N) is 1. The van der Waals surface area contributed by atoms with Gasteiger partial charge < -0.3 is 14.8 Å². The third-order valence-corrected chi connectivity index (χ3v) is 2.60. The highest BCUT2D eigenvalue weighted by Gasteiger charge is 2.37. The highest BCUT2D eigenvalue weighted by Crippen LogP contribution is 2.19. The van der Waals surface area contributed by atoms with E-state index in [1.165, 1.54) is 6.42 Å². The second-order valence-corrected chi connectivity index (χ2v) is 3.61. The van der Waals surface area contributed by atoms with E-state index >= 15 is 0 Å². The van der Waals surface area contributed by atoms with Gasteiger partial charge >= 0.3 is 0 Å². The zero-order valence-electron chi connectivity index (χ0n) is 7.93. The molecule has 13 heavy (non-hydrogen) atoms. The molecule has 2 aliphatic rings. The van der Waals surface area contributed by atoms with Crippen LogP contribution in [0.2, 0.25) is 0 Å². The minimum atomic E-state index is -0.301. The molecule has 0 saturated carbocycles. The van der Waals surface area contributed by atoms with Crippen molar-refractivity contribution in [3.8, 4) is 11.8 Å². The monoisotopic (exact) mass is 181 g/mol. The van der Waals surface area contributed by atoms with Gasteiger partial charge in [0.25, 0.3) is 0 Å². The first-order valence-corrected chi connectivity index (χ1v) is 4.74. The Morgan fingerprint density at radius 1 is 1.54 bits per heavy atom. The molecule has 0 amide bonds. The summed E-state index contributed by atoms with van der Waals surface area (Å²) >= 11 is 0. The number of rotatable bonds is 1. The fraction of sp³-hybridized carbons (Fsp3) is 0.800. The first-order valence-electron chi connectivity index (χ1n) is 4.74. The second kappa shape index (κ2) is 3.67. The van der Waals surface area contributed by atoms with Crippen molar-refractivity contribution in [3.63, 3.8) is 0 Å². The molecule has 1 atom stereocenters. The molecule has 0 spiro atoms. The van der Waals surface area contributed by atoms with Gasteiger partial charge in [-0.15, -0.1) is 0 Å². The zero-order chi connectivity index (χ0) is 9.15. The molecule has 3 nitrogen and oxygen atoms in total. The molecule has 72 valence electrons. The van der Waals surface area contributed by atoms with Gasteiger partial charge in [0.1, 0.15) is 0 Å². The Hall–Kier alpha value is -0.560. The minimum Gasteiger partial charge on any atom is -0.373 e. The van der Waals surface area contributed by atoms with Crippen LogP contribution in [0.3, 0.4) is 0 Å². The van der Waals surface area contributed by atoms with Crippen molar-refractivity contribution in [3.05, 3.63) is 0 Å². The van der Waals surface area contributed by atoms with Gasteiger partial charge in [-0.25, -0.2) is 0 Å². The molecule has 0 bridgehead atoms. The Balaban J connectivity index is 1.93. The molecule has 3 heteroatoms. The van der Waals surface area contributed by atoms with Crippen LogP contribution in [0.25, 0.3) is 0 Å². The third-order valence-electron chi connectivity index (χ3n) is 2.60. The normalized spacial score (nSPS) is 30.4. The molecule has 0 radical (unpaired) electrons. The summed E-state index contributed by atoms with van der Waals surface area (Å²) in [6.07, 6.45) is 2.39. The second-order valence-electron chi connectivity index (χ2n) is 3.61. The standard InChI is InChI=1S/C10H15NO2/c1-12-10(7-13-8-10)5-4-9-3-2-6-11-9/h9,11H,2-3,6-8H2,1H3/t9-/m0/s1. The van der Waals surface area contributed by atoms with Crippen LogP contribution in [0, 0.1) is 11.8 Å². The summed E-state index contributed by atoms with van der Waals surface area (Å²) < 4.78 is 10.4. The van der Waals surface area contributed by atoms with Crippen LogP contribution in [-0.2, 0) is 9.47 Å². The van der Waals surface area contributed by atoms with E-state index in [4.69, 9.17) is 9.47 Å². The molecule has 0 aliphatic carbocycles. The lowest BCUT2D eigenvalue weighted by Crippen LogP contribution is -2.50. The predicted molar refractivity (Wildman–Crippen MR) is 49.4 cm³/mol. The van der Waals surface area contributed by atoms with E-state index in [0.717, 1.165) is 13.0 Å². The molecule has 2 fully saturated rings. The quantitative estimate of drug-likeness (QED) is 0.584. The Labute approximate surface area is 78.8 Å². The fourth-order valence-electron chi connectivity index (χ4n) is 1.55. The van der Waals surface area contributed by atoms with Gasteiger partial charge in [-0.05, 0) is 19.4 Å². The first-order chi connectivity index (χ1) is 6.35. The Morgan fingerprint density at radius 3 is 2.85 bits per heavy atom. The maximum atomic E-state index is 5.31. The van der Waals surface area contributed by atoms with E-state index in [-0.39, 0.29) is 5.60 Å². The summed E-state index contributed by atoms with van der Waals surface area (Å²) in [5, 5.41) is 3.33. The average molecular weight is 181 g/mol. The van der Waals surface area contributed by atoms with Crippen molar-refractivity contribution in [1.29, 1.82) is 0 Å². The maximum Gasteiger partial charge on any atom is 0.174 e. The molecule has 2 heterocycles. The number of hydrogen-bond donors (Lipinski definition) is 1. The van der Waals surface area contributed by atoms with Crippen molar-refractivity contribution in [2.45, 2.75) is 24.5 Å². The lowest BCUT2D eigenvalue weighted by atomic mass is 10.0. The third kappa shape index (κ3) is 1.86. The van der Waals surface area contributed by atoms with Crippen molar-refractivity contribution in [2.75, 3.05) is 26.9 Å². The summed E-state index contributed by atoms with van der Waals surface area (Å²) in [6.45, 7) is 2.32. The SMILES string of the molecule is COC1(C#C[C@@H]2CCCN2)COC1. The topological polar surface area (TPSA) is 30.5 Å². The largest absolute Gasteiger partial charge is 0.373 e. The van der Waals surface area contributed by atoms with Gasteiger partial charge in [0.05, 0.1) is 19.3 Å². The van der Waals surface area contributed by atoms with Gasteiger partial charge in [-0.3, -0.25) is 0 Å². The van der Waals surface area contributed by atoms with Gasteiger partial charge in [-0.2, -0.15) is 0 Å². The van der Waals surface area contributed by atoms with Crippen LogP contribution in [0.4, 0.5) is 0 Å². The van der Waals surface area contributed by atoms with E-state index < -0.39 is 0 Å². The Morgan fingerprint density at radius 2 is 2.38 bits per heavy atom. The van der Waals surface area contributed by atoms with Crippen molar-refractivity contribution < 1.29 is 9.47 Å². The van der Waals surface area contributed by atoms with Crippen LogP contribution in [0.1, 0.15) is 12.8 Å². The predicted octanol–water partition coefficient (Wildman–Crippen LogP) is 0.157. The molecule has 2 saturated heterocycles. The number of ether oxygens (including phenoxy) is 2. The van der Waals surface area contributed by atoms with Crippen LogP contribution in [0.5, 0.6) is 0 Å².